The Morgan fingerprint density at radius 3 is 2.18 bits per heavy atom. The minimum Gasteiger partial charge on any atom is -0.355 e. The molecule has 1 N–H and O–H groups in total. The second-order valence-corrected chi connectivity index (χ2v) is 11.8. The zero-order chi connectivity index (χ0) is 13.1. The van der Waals surface area contributed by atoms with E-state index in [-0.39, 0.29) is 5.91 Å². The summed E-state index contributed by atoms with van der Waals surface area (Å²) in [4.78, 5) is 11.9. The summed E-state index contributed by atoms with van der Waals surface area (Å²) in [6.45, 7) is 11.4. The van der Waals surface area contributed by atoms with Crippen LogP contribution in [0.3, 0.4) is 0 Å². The van der Waals surface area contributed by atoms with Crippen molar-refractivity contribution < 1.29 is 4.79 Å². The monoisotopic (exact) mass is 249 g/mol. The molecule has 94 valence electrons. The fraction of sp³-hybridized carbons (Fsp3) is 0.500. The summed E-state index contributed by atoms with van der Waals surface area (Å²) in [5.74, 6) is 0.0374. The van der Waals surface area contributed by atoms with E-state index < -0.39 is 8.07 Å². The van der Waals surface area contributed by atoms with Crippen molar-refractivity contribution in [2.75, 3.05) is 6.17 Å². The van der Waals surface area contributed by atoms with Crippen LogP contribution in [0.25, 0.3) is 0 Å². The summed E-state index contributed by atoms with van der Waals surface area (Å²) in [6, 6.07) is 9.40. The van der Waals surface area contributed by atoms with Crippen molar-refractivity contribution in [3.63, 3.8) is 0 Å². The van der Waals surface area contributed by atoms with Gasteiger partial charge in [-0.05, 0) is 17.2 Å². The minimum atomic E-state index is -1.43. The van der Waals surface area contributed by atoms with Gasteiger partial charge < -0.3 is 5.32 Å². The normalized spacial score (nSPS) is 12.3. The highest BCUT2D eigenvalue weighted by atomic mass is 28.3. The molecule has 1 rings (SSSR count). The van der Waals surface area contributed by atoms with Crippen molar-refractivity contribution >= 4 is 14.0 Å². The van der Waals surface area contributed by atoms with Gasteiger partial charge in [0.2, 0.25) is 0 Å². The zero-order valence-corrected chi connectivity index (χ0v) is 12.5. The van der Waals surface area contributed by atoms with Crippen LogP contribution in [0, 0.1) is 0 Å². The Kier molecular flexibility index (Phi) is 4.15. The first-order valence-corrected chi connectivity index (χ1v) is 9.28. The molecule has 0 fully saturated rings. The fourth-order valence-electron chi connectivity index (χ4n) is 1.26. The molecule has 3 heteroatoms. The molecular weight excluding hydrogens is 226 g/mol. The van der Waals surface area contributed by atoms with E-state index in [1.165, 1.54) is 0 Å². The van der Waals surface area contributed by atoms with Gasteiger partial charge in [-0.2, -0.15) is 0 Å². The summed E-state index contributed by atoms with van der Waals surface area (Å²) < 4.78 is 0. The largest absolute Gasteiger partial charge is 0.355 e. The number of amides is 1. The van der Waals surface area contributed by atoms with Crippen LogP contribution in [0.15, 0.2) is 30.3 Å². The molecule has 0 saturated heterocycles. The molecule has 1 amide bonds. The highest BCUT2D eigenvalue weighted by molar-refractivity contribution is 6.80. The first-order chi connectivity index (χ1) is 7.74. The highest BCUT2D eigenvalue weighted by Crippen LogP contribution is 2.35. The zero-order valence-electron chi connectivity index (χ0n) is 11.5. The van der Waals surface area contributed by atoms with E-state index in [0.29, 0.717) is 5.04 Å². The quantitative estimate of drug-likeness (QED) is 0.817. The summed E-state index contributed by atoms with van der Waals surface area (Å²) in [6.07, 6.45) is 0.824. The Morgan fingerprint density at radius 2 is 1.71 bits per heavy atom. The average Bonchev–Trinajstić information content (AvgIpc) is 2.25. The lowest BCUT2D eigenvalue weighted by Crippen LogP contribution is -2.48. The van der Waals surface area contributed by atoms with Crippen LogP contribution >= 0.6 is 0 Å². The molecule has 0 aromatic heterocycles. The second-order valence-electron chi connectivity index (χ2n) is 6.18. The molecule has 0 heterocycles. The maximum Gasteiger partial charge on any atom is 0.251 e. The standard InChI is InChI=1S/C14H23NOSi/c1-14(2,3)17(4,5)11-15-13(16)12-9-7-6-8-10-12/h6-10H,11H2,1-5H3,(H,15,16). The first kappa shape index (κ1) is 14.0. The smallest absolute Gasteiger partial charge is 0.251 e. The molecule has 0 unspecified atom stereocenters. The van der Waals surface area contributed by atoms with Crippen molar-refractivity contribution in [1.82, 2.24) is 5.32 Å². The molecule has 17 heavy (non-hydrogen) atoms. The lowest BCUT2D eigenvalue weighted by molar-refractivity contribution is 0.0959. The lowest BCUT2D eigenvalue weighted by atomic mass is 10.2. The summed E-state index contributed by atoms with van der Waals surface area (Å²) in [5, 5.41) is 3.37. The molecule has 1 aromatic rings. The van der Waals surface area contributed by atoms with E-state index in [1.807, 2.05) is 30.3 Å². The third kappa shape index (κ3) is 3.70. The Labute approximate surface area is 105 Å². The van der Waals surface area contributed by atoms with E-state index in [2.05, 4.69) is 39.2 Å². The lowest BCUT2D eigenvalue weighted by Gasteiger charge is -2.36. The van der Waals surface area contributed by atoms with Crippen molar-refractivity contribution in [1.29, 1.82) is 0 Å². The number of benzene rings is 1. The van der Waals surface area contributed by atoms with Crippen LogP contribution < -0.4 is 5.32 Å². The summed E-state index contributed by atoms with van der Waals surface area (Å²) in [5.41, 5.74) is 0.742. The molecule has 0 saturated carbocycles. The Hall–Kier alpha value is -1.09. The molecule has 2 nitrogen and oxygen atoms in total. The predicted octanol–water partition coefficient (Wildman–Crippen LogP) is 3.46. The van der Waals surface area contributed by atoms with E-state index in [9.17, 15) is 4.79 Å². The minimum absolute atomic E-state index is 0.0374. The maximum absolute atomic E-state index is 11.9. The number of hydrogen-bond donors (Lipinski definition) is 1. The van der Waals surface area contributed by atoms with E-state index >= 15 is 0 Å². The number of rotatable bonds is 3. The molecule has 0 aliphatic carbocycles. The van der Waals surface area contributed by atoms with Gasteiger partial charge in [-0.1, -0.05) is 52.1 Å². The van der Waals surface area contributed by atoms with E-state index in [0.717, 1.165) is 11.7 Å². The molecular formula is C14H23NOSi. The van der Waals surface area contributed by atoms with Crippen LogP contribution in [0.1, 0.15) is 31.1 Å². The van der Waals surface area contributed by atoms with Gasteiger partial charge in [0.05, 0.1) is 8.07 Å². The van der Waals surface area contributed by atoms with Gasteiger partial charge >= 0.3 is 0 Å². The number of hydrogen-bond acceptors (Lipinski definition) is 1. The first-order valence-electron chi connectivity index (χ1n) is 6.07. The van der Waals surface area contributed by atoms with Gasteiger partial charge in [0.25, 0.3) is 5.91 Å². The van der Waals surface area contributed by atoms with Crippen molar-refractivity contribution in [2.24, 2.45) is 0 Å². The van der Waals surface area contributed by atoms with Gasteiger partial charge in [-0.3, -0.25) is 4.79 Å². The van der Waals surface area contributed by atoms with Gasteiger partial charge in [0.15, 0.2) is 0 Å². The topological polar surface area (TPSA) is 29.1 Å². The summed E-state index contributed by atoms with van der Waals surface area (Å²) in [7, 11) is -1.43. The molecule has 0 bridgehead atoms. The van der Waals surface area contributed by atoms with Crippen molar-refractivity contribution in [2.45, 2.75) is 38.9 Å². The summed E-state index contributed by atoms with van der Waals surface area (Å²) >= 11 is 0. The number of nitrogens with one attached hydrogen (secondary N) is 1. The highest BCUT2D eigenvalue weighted by Gasteiger charge is 2.35. The van der Waals surface area contributed by atoms with Crippen LogP contribution in [-0.2, 0) is 0 Å². The SMILES string of the molecule is CC(C)(C)[Si](C)(C)CNC(=O)c1ccccc1. The third-order valence-corrected chi connectivity index (χ3v) is 8.88. The average molecular weight is 249 g/mol. The fourth-order valence-corrected chi connectivity index (χ4v) is 2.39. The molecule has 0 atom stereocenters. The van der Waals surface area contributed by atoms with Crippen LogP contribution in [-0.4, -0.2) is 20.1 Å². The Bertz CT molecular complexity index is 379. The van der Waals surface area contributed by atoms with Crippen LogP contribution in [0.4, 0.5) is 0 Å². The number of carbonyl (C=O) groups excluding carboxylic acids is 1. The van der Waals surface area contributed by atoms with Crippen LogP contribution in [0.2, 0.25) is 18.1 Å². The molecule has 0 spiro atoms. The van der Waals surface area contributed by atoms with E-state index in [4.69, 9.17) is 0 Å². The Morgan fingerprint density at radius 1 is 1.18 bits per heavy atom. The number of carbonyl (C=O) groups is 1. The van der Waals surface area contributed by atoms with Gasteiger partial charge in [-0.25, -0.2) is 0 Å². The van der Waals surface area contributed by atoms with Gasteiger partial charge in [0.1, 0.15) is 0 Å². The van der Waals surface area contributed by atoms with Gasteiger partial charge in [-0.15, -0.1) is 0 Å². The molecule has 1 aromatic carbocycles. The van der Waals surface area contributed by atoms with E-state index in [1.54, 1.807) is 0 Å². The molecule has 0 aliphatic heterocycles. The second kappa shape index (κ2) is 5.04. The van der Waals surface area contributed by atoms with Crippen molar-refractivity contribution in [3.05, 3.63) is 35.9 Å². The van der Waals surface area contributed by atoms with Gasteiger partial charge in [0, 0.05) is 11.7 Å². The maximum atomic E-state index is 11.9. The van der Waals surface area contributed by atoms with Crippen LogP contribution in [0.5, 0.6) is 0 Å². The van der Waals surface area contributed by atoms with Crippen molar-refractivity contribution in [3.8, 4) is 0 Å². The molecule has 0 aliphatic rings. The Balaban J connectivity index is 2.61. The molecule has 0 radical (unpaired) electrons. The third-order valence-electron chi connectivity index (χ3n) is 3.76. The predicted molar refractivity (Wildman–Crippen MR) is 76.0 cm³/mol.